The maximum Gasteiger partial charge on any atom is 0.0211 e. The number of hydrogen-bond donors (Lipinski definition) is 0. The van der Waals surface area contributed by atoms with Gasteiger partial charge < -0.3 is 0 Å². The zero-order valence-corrected chi connectivity index (χ0v) is 10.7. The summed E-state index contributed by atoms with van der Waals surface area (Å²) in [5, 5.41) is 0. The van der Waals surface area contributed by atoms with Crippen LogP contribution in [-0.4, -0.2) is 0 Å². The van der Waals surface area contributed by atoms with E-state index >= 15 is 0 Å². The molecule has 2 aromatic rings. The van der Waals surface area contributed by atoms with Crippen molar-refractivity contribution in [3.63, 3.8) is 0 Å². The van der Waals surface area contributed by atoms with Gasteiger partial charge in [0.25, 0.3) is 0 Å². The van der Waals surface area contributed by atoms with Crippen molar-refractivity contribution < 1.29 is 0 Å². The van der Waals surface area contributed by atoms with Gasteiger partial charge in [-0.2, -0.15) is 0 Å². The van der Waals surface area contributed by atoms with Crippen molar-refractivity contribution >= 4 is 22.6 Å². The number of fused-ring (bicyclic) bond motifs is 3. The SMILES string of the molecule is Cc1cccc2c1-c1c(I)cccc1C2. The largest absolute Gasteiger partial charge is 0.0617 e. The standard InChI is InChI=1S/C14H11I/c1-9-4-2-5-10-8-11-6-3-7-12(15)14(11)13(9)10/h2-7H,8H2,1H3. The van der Waals surface area contributed by atoms with Crippen LogP contribution in [0.4, 0.5) is 0 Å². The Bertz CT molecular complexity index is 492. The Morgan fingerprint density at radius 2 is 1.60 bits per heavy atom. The number of rotatable bonds is 0. The quantitative estimate of drug-likeness (QED) is 0.547. The van der Waals surface area contributed by atoms with Crippen LogP contribution in [0.1, 0.15) is 16.7 Å². The minimum atomic E-state index is 1.10. The van der Waals surface area contributed by atoms with Crippen LogP contribution in [0.3, 0.4) is 0 Å². The van der Waals surface area contributed by atoms with E-state index in [4.69, 9.17) is 0 Å². The first-order valence-electron chi connectivity index (χ1n) is 5.13. The fourth-order valence-corrected chi connectivity index (χ4v) is 3.26. The van der Waals surface area contributed by atoms with E-state index in [1.807, 2.05) is 0 Å². The molecule has 0 fully saturated rings. The molecule has 0 unspecified atom stereocenters. The third-order valence-corrected chi connectivity index (χ3v) is 3.99. The second-order valence-corrected chi connectivity index (χ2v) is 5.22. The summed E-state index contributed by atoms with van der Waals surface area (Å²) in [7, 11) is 0. The molecule has 0 N–H and O–H groups in total. The number of aryl methyl sites for hydroxylation is 1. The van der Waals surface area contributed by atoms with Gasteiger partial charge in [-0.25, -0.2) is 0 Å². The fourth-order valence-electron chi connectivity index (χ4n) is 2.43. The second kappa shape index (κ2) is 3.34. The highest BCUT2D eigenvalue weighted by molar-refractivity contribution is 14.1. The zero-order chi connectivity index (χ0) is 10.4. The summed E-state index contributed by atoms with van der Waals surface area (Å²) in [6.07, 6.45) is 1.10. The summed E-state index contributed by atoms with van der Waals surface area (Å²) in [5.41, 5.74) is 7.29. The lowest BCUT2D eigenvalue weighted by Gasteiger charge is -2.06. The lowest BCUT2D eigenvalue weighted by Crippen LogP contribution is -1.85. The Hall–Kier alpha value is -0.830. The first-order valence-corrected chi connectivity index (χ1v) is 6.21. The summed E-state index contributed by atoms with van der Waals surface area (Å²) in [4.78, 5) is 0. The summed E-state index contributed by atoms with van der Waals surface area (Å²) < 4.78 is 1.37. The van der Waals surface area contributed by atoms with E-state index in [2.05, 4.69) is 65.9 Å². The van der Waals surface area contributed by atoms with Gasteiger partial charge in [-0.05, 0) is 69.8 Å². The maximum atomic E-state index is 2.44. The predicted molar refractivity (Wildman–Crippen MR) is 72.1 cm³/mol. The highest BCUT2D eigenvalue weighted by Crippen LogP contribution is 2.41. The molecule has 0 aromatic heterocycles. The van der Waals surface area contributed by atoms with E-state index in [1.54, 1.807) is 0 Å². The molecule has 15 heavy (non-hydrogen) atoms. The van der Waals surface area contributed by atoms with E-state index in [-0.39, 0.29) is 0 Å². The molecular weight excluding hydrogens is 295 g/mol. The Labute approximate surface area is 103 Å². The van der Waals surface area contributed by atoms with Crippen molar-refractivity contribution in [2.45, 2.75) is 13.3 Å². The normalized spacial score (nSPS) is 12.4. The molecule has 2 aromatic carbocycles. The maximum absolute atomic E-state index is 2.44. The zero-order valence-electron chi connectivity index (χ0n) is 8.55. The Balaban J connectivity index is 2.39. The molecule has 0 saturated heterocycles. The lowest BCUT2D eigenvalue weighted by atomic mass is 10.0. The van der Waals surface area contributed by atoms with Crippen LogP contribution < -0.4 is 0 Å². The molecule has 0 radical (unpaired) electrons. The molecule has 0 bridgehead atoms. The Kier molecular flexibility index (Phi) is 2.09. The van der Waals surface area contributed by atoms with Gasteiger partial charge in [-0.1, -0.05) is 30.3 Å². The molecule has 0 saturated carbocycles. The van der Waals surface area contributed by atoms with Crippen molar-refractivity contribution in [2.75, 3.05) is 0 Å². The van der Waals surface area contributed by atoms with Crippen LogP contribution in [0.15, 0.2) is 36.4 Å². The average Bonchev–Trinajstić information content (AvgIpc) is 2.58. The minimum Gasteiger partial charge on any atom is -0.0617 e. The molecule has 1 aliphatic carbocycles. The third-order valence-electron chi connectivity index (χ3n) is 3.09. The summed E-state index contributed by atoms with van der Waals surface area (Å²) in [6.45, 7) is 2.21. The van der Waals surface area contributed by atoms with Gasteiger partial charge in [-0.15, -0.1) is 0 Å². The molecule has 0 spiro atoms. The van der Waals surface area contributed by atoms with Crippen molar-refractivity contribution in [3.05, 3.63) is 56.7 Å². The molecule has 0 heterocycles. The van der Waals surface area contributed by atoms with Gasteiger partial charge in [0, 0.05) is 3.57 Å². The number of benzene rings is 2. The molecule has 74 valence electrons. The second-order valence-electron chi connectivity index (χ2n) is 4.06. The third kappa shape index (κ3) is 1.33. The lowest BCUT2D eigenvalue weighted by molar-refractivity contribution is 1.25. The van der Waals surface area contributed by atoms with Crippen LogP contribution in [0.5, 0.6) is 0 Å². The van der Waals surface area contributed by atoms with Crippen LogP contribution in [0.2, 0.25) is 0 Å². The first kappa shape index (κ1) is 9.40. The van der Waals surface area contributed by atoms with E-state index in [1.165, 1.54) is 31.4 Å². The van der Waals surface area contributed by atoms with Crippen LogP contribution >= 0.6 is 22.6 Å². The highest BCUT2D eigenvalue weighted by Gasteiger charge is 2.21. The van der Waals surface area contributed by atoms with E-state index < -0.39 is 0 Å². The van der Waals surface area contributed by atoms with Gasteiger partial charge in [0.2, 0.25) is 0 Å². The number of halogens is 1. The Morgan fingerprint density at radius 3 is 2.40 bits per heavy atom. The van der Waals surface area contributed by atoms with Crippen LogP contribution in [0, 0.1) is 10.5 Å². The first-order chi connectivity index (χ1) is 7.27. The Morgan fingerprint density at radius 1 is 0.933 bits per heavy atom. The molecule has 0 aliphatic heterocycles. The van der Waals surface area contributed by atoms with Crippen molar-refractivity contribution in [1.82, 2.24) is 0 Å². The smallest absolute Gasteiger partial charge is 0.0211 e. The topological polar surface area (TPSA) is 0 Å². The summed E-state index contributed by atoms with van der Waals surface area (Å²) >= 11 is 2.44. The summed E-state index contributed by atoms with van der Waals surface area (Å²) in [5.74, 6) is 0. The highest BCUT2D eigenvalue weighted by atomic mass is 127. The average molecular weight is 306 g/mol. The predicted octanol–water partition coefficient (Wildman–Crippen LogP) is 4.17. The number of hydrogen-bond acceptors (Lipinski definition) is 0. The van der Waals surface area contributed by atoms with E-state index in [0.717, 1.165) is 6.42 Å². The molecule has 0 atom stereocenters. The van der Waals surface area contributed by atoms with E-state index in [0.29, 0.717) is 0 Å². The molecule has 0 amide bonds. The molecule has 1 aliphatic rings. The molecule has 3 rings (SSSR count). The van der Waals surface area contributed by atoms with Gasteiger partial charge in [-0.3, -0.25) is 0 Å². The molecule has 0 nitrogen and oxygen atoms in total. The van der Waals surface area contributed by atoms with Gasteiger partial charge >= 0.3 is 0 Å². The van der Waals surface area contributed by atoms with Crippen LogP contribution in [0.25, 0.3) is 11.1 Å². The van der Waals surface area contributed by atoms with E-state index in [9.17, 15) is 0 Å². The van der Waals surface area contributed by atoms with Crippen molar-refractivity contribution in [3.8, 4) is 11.1 Å². The van der Waals surface area contributed by atoms with Gasteiger partial charge in [0.15, 0.2) is 0 Å². The minimum absolute atomic E-state index is 1.10. The van der Waals surface area contributed by atoms with Gasteiger partial charge in [0.1, 0.15) is 0 Å². The van der Waals surface area contributed by atoms with Crippen molar-refractivity contribution in [2.24, 2.45) is 0 Å². The monoisotopic (exact) mass is 306 g/mol. The van der Waals surface area contributed by atoms with Gasteiger partial charge in [0.05, 0.1) is 0 Å². The summed E-state index contributed by atoms with van der Waals surface area (Å²) in [6, 6.07) is 13.2. The fraction of sp³-hybridized carbons (Fsp3) is 0.143. The van der Waals surface area contributed by atoms with Crippen molar-refractivity contribution in [1.29, 1.82) is 0 Å². The molecule has 1 heteroatoms. The van der Waals surface area contributed by atoms with Crippen LogP contribution in [-0.2, 0) is 6.42 Å². The molecular formula is C14H11I.